The van der Waals surface area contributed by atoms with E-state index in [0.717, 1.165) is 31.5 Å². The Morgan fingerprint density at radius 1 is 1.42 bits per heavy atom. The van der Waals surface area contributed by atoms with E-state index in [1.165, 1.54) is 0 Å². The standard InChI is InChI=1S/C18H23ClN4O3/c1-25-10-9-21-17-15(18(24)22-14-3-2-8-20-11-14)16(26-23-17)12-4-6-13(19)7-5-12/h4-7,14,20H,2-3,8-11H2,1H3,(H,21,23)(H,22,24)/t14-/m1/s1. The summed E-state index contributed by atoms with van der Waals surface area (Å²) in [5, 5.41) is 14.1. The smallest absolute Gasteiger partial charge is 0.259 e. The third-order valence-corrected chi connectivity index (χ3v) is 4.51. The summed E-state index contributed by atoms with van der Waals surface area (Å²) < 4.78 is 10.5. The second-order valence-corrected chi connectivity index (χ2v) is 6.61. The minimum absolute atomic E-state index is 0.0936. The lowest BCUT2D eigenvalue weighted by Crippen LogP contribution is -2.45. The number of hydrogen-bond donors (Lipinski definition) is 3. The van der Waals surface area contributed by atoms with Gasteiger partial charge in [-0.05, 0) is 43.7 Å². The van der Waals surface area contributed by atoms with Gasteiger partial charge in [0.1, 0.15) is 5.56 Å². The van der Waals surface area contributed by atoms with Crippen molar-refractivity contribution in [2.45, 2.75) is 18.9 Å². The molecule has 1 aliphatic rings. The lowest BCUT2D eigenvalue weighted by Gasteiger charge is -2.23. The topological polar surface area (TPSA) is 88.4 Å². The molecule has 1 atom stereocenters. The Morgan fingerprint density at radius 3 is 2.92 bits per heavy atom. The Hall–Kier alpha value is -2.09. The van der Waals surface area contributed by atoms with E-state index in [1.807, 2.05) is 0 Å². The van der Waals surface area contributed by atoms with E-state index >= 15 is 0 Å². The maximum absolute atomic E-state index is 13.0. The maximum Gasteiger partial charge on any atom is 0.259 e. The van der Waals surface area contributed by atoms with E-state index in [1.54, 1.807) is 31.4 Å². The first-order valence-corrected chi connectivity index (χ1v) is 9.07. The predicted octanol–water partition coefficient (Wildman–Crippen LogP) is 2.54. The maximum atomic E-state index is 13.0. The van der Waals surface area contributed by atoms with E-state index in [4.69, 9.17) is 20.9 Å². The first kappa shape index (κ1) is 18.7. The highest BCUT2D eigenvalue weighted by atomic mass is 35.5. The van der Waals surface area contributed by atoms with E-state index in [2.05, 4.69) is 21.1 Å². The largest absolute Gasteiger partial charge is 0.383 e. The molecule has 140 valence electrons. The van der Waals surface area contributed by atoms with Crippen LogP contribution in [0.4, 0.5) is 5.82 Å². The lowest BCUT2D eigenvalue weighted by molar-refractivity contribution is 0.0931. The SMILES string of the molecule is COCCNc1noc(-c2ccc(Cl)cc2)c1C(=O)N[C@@H]1CCCNC1. The number of nitrogens with zero attached hydrogens (tertiary/aromatic N) is 1. The Kier molecular flexibility index (Phi) is 6.49. The minimum Gasteiger partial charge on any atom is -0.383 e. The normalized spacial score (nSPS) is 17.1. The molecular weight excluding hydrogens is 356 g/mol. The van der Waals surface area contributed by atoms with Gasteiger partial charge in [-0.2, -0.15) is 0 Å². The van der Waals surface area contributed by atoms with Gasteiger partial charge < -0.3 is 25.2 Å². The van der Waals surface area contributed by atoms with Gasteiger partial charge in [-0.3, -0.25) is 4.79 Å². The number of anilines is 1. The number of hydrogen-bond acceptors (Lipinski definition) is 6. The predicted molar refractivity (Wildman–Crippen MR) is 101 cm³/mol. The second-order valence-electron chi connectivity index (χ2n) is 6.18. The zero-order valence-electron chi connectivity index (χ0n) is 14.7. The van der Waals surface area contributed by atoms with Crippen molar-refractivity contribution < 1.29 is 14.1 Å². The molecule has 0 unspecified atom stereocenters. The Labute approximate surface area is 157 Å². The number of carbonyl (C=O) groups excluding carboxylic acids is 1. The summed E-state index contributed by atoms with van der Waals surface area (Å²) in [6, 6.07) is 7.21. The number of methoxy groups -OCH3 is 1. The molecule has 2 heterocycles. The van der Waals surface area contributed by atoms with Crippen LogP contribution in [0.25, 0.3) is 11.3 Å². The molecule has 1 aromatic heterocycles. The number of amides is 1. The van der Waals surface area contributed by atoms with Gasteiger partial charge in [0.05, 0.1) is 6.61 Å². The van der Waals surface area contributed by atoms with Gasteiger partial charge in [0, 0.05) is 36.8 Å². The van der Waals surface area contributed by atoms with Crippen molar-refractivity contribution in [1.29, 1.82) is 0 Å². The molecule has 26 heavy (non-hydrogen) atoms. The Balaban J connectivity index is 1.86. The molecule has 1 aromatic carbocycles. The lowest BCUT2D eigenvalue weighted by atomic mass is 10.0. The van der Waals surface area contributed by atoms with Crippen LogP contribution in [0.3, 0.4) is 0 Å². The molecule has 2 aromatic rings. The van der Waals surface area contributed by atoms with Gasteiger partial charge in [0.15, 0.2) is 11.6 Å². The molecule has 0 spiro atoms. The number of benzene rings is 1. The molecule has 1 saturated heterocycles. The van der Waals surface area contributed by atoms with Crippen LogP contribution < -0.4 is 16.0 Å². The molecule has 8 heteroatoms. The van der Waals surface area contributed by atoms with Crippen LogP contribution in [-0.4, -0.2) is 50.5 Å². The summed E-state index contributed by atoms with van der Waals surface area (Å²) in [7, 11) is 1.62. The van der Waals surface area contributed by atoms with E-state index in [9.17, 15) is 4.79 Å². The molecule has 1 fully saturated rings. The minimum atomic E-state index is -0.204. The van der Waals surface area contributed by atoms with Crippen LogP contribution in [0.15, 0.2) is 28.8 Å². The van der Waals surface area contributed by atoms with Gasteiger partial charge >= 0.3 is 0 Å². The Bertz CT molecular complexity index is 727. The summed E-state index contributed by atoms with van der Waals surface area (Å²) in [5.74, 6) is 0.626. The van der Waals surface area contributed by atoms with E-state index < -0.39 is 0 Å². The number of nitrogens with one attached hydrogen (secondary N) is 3. The van der Waals surface area contributed by atoms with Crippen LogP contribution in [0.5, 0.6) is 0 Å². The average molecular weight is 379 g/mol. The number of ether oxygens (including phenoxy) is 1. The van der Waals surface area contributed by atoms with Gasteiger partial charge in [-0.15, -0.1) is 0 Å². The van der Waals surface area contributed by atoms with Crippen molar-refractivity contribution in [3.05, 3.63) is 34.9 Å². The highest BCUT2D eigenvalue weighted by Gasteiger charge is 2.26. The van der Waals surface area contributed by atoms with Crippen molar-refractivity contribution in [3.63, 3.8) is 0 Å². The van der Waals surface area contributed by atoms with E-state index in [-0.39, 0.29) is 11.9 Å². The van der Waals surface area contributed by atoms with Gasteiger partial charge in [-0.25, -0.2) is 0 Å². The second kappa shape index (κ2) is 9.02. The third kappa shape index (κ3) is 4.55. The summed E-state index contributed by atoms with van der Waals surface area (Å²) in [4.78, 5) is 13.0. The van der Waals surface area contributed by atoms with Gasteiger partial charge in [-0.1, -0.05) is 16.8 Å². The van der Waals surface area contributed by atoms with Crippen molar-refractivity contribution in [3.8, 4) is 11.3 Å². The van der Waals surface area contributed by atoms with Crippen LogP contribution in [-0.2, 0) is 4.74 Å². The first-order chi connectivity index (χ1) is 12.7. The fraction of sp³-hybridized carbons (Fsp3) is 0.444. The fourth-order valence-electron chi connectivity index (χ4n) is 2.92. The van der Waals surface area contributed by atoms with Crippen LogP contribution >= 0.6 is 11.6 Å². The molecular formula is C18H23ClN4O3. The zero-order chi connectivity index (χ0) is 18.4. The van der Waals surface area contributed by atoms with Crippen LogP contribution in [0, 0.1) is 0 Å². The number of halogens is 1. The quantitative estimate of drug-likeness (QED) is 0.642. The molecule has 0 radical (unpaired) electrons. The fourth-order valence-corrected chi connectivity index (χ4v) is 3.05. The van der Waals surface area contributed by atoms with E-state index in [0.29, 0.717) is 35.3 Å². The highest BCUT2D eigenvalue weighted by molar-refractivity contribution is 6.30. The van der Waals surface area contributed by atoms with Crippen molar-refractivity contribution in [2.75, 3.05) is 38.7 Å². The molecule has 0 aliphatic carbocycles. The van der Waals surface area contributed by atoms with Crippen molar-refractivity contribution in [1.82, 2.24) is 15.8 Å². The molecule has 0 bridgehead atoms. The number of rotatable bonds is 7. The monoisotopic (exact) mass is 378 g/mol. The van der Waals surface area contributed by atoms with Crippen molar-refractivity contribution >= 4 is 23.3 Å². The summed E-state index contributed by atoms with van der Waals surface area (Å²) in [6.45, 7) is 2.77. The average Bonchev–Trinajstić information content (AvgIpc) is 3.07. The third-order valence-electron chi connectivity index (χ3n) is 4.26. The molecule has 1 amide bonds. The molecule has 3 N–H and O–H groups in total. The number of carbonyl (C=O) groups is 1. The molecule has 7 nitrogen and oxygen atoms in total. The molecule has 0 saturated carbocycles. The van der Waals surface area contributed by atoms with Crippen molar-refractivity contribution in [2.24, 2.45) is 0 Å². The van der Waals surface area contributed by atoms with Crippen LogP contribution in [0.2, 0.25) is 5.02 Å². The van der Waals surface area contributed by atoms with Gasteiger partial charge in [0.25, 0.3) is 5.91 Å². The summed E-state index contributed by atoms with van der Waals surface area (Å²) >= 11 is 5.96. The highest BCUT2D eigenvalue weighted by Crippen LogP contribution is 2.30. The zero-order valence-corrected chi connectivity index (χ0v) is 15.4. The molecule has 1 aliphatic heterocycles. The summed E-state index contributed by atoms with van der Waals surface area (Å²) in [6.07, 6.45) is 1.99. The molecule has 3 rings (SSSR count). The number of piperidine rings is 1. The van der Waals surface area contributed by atoms with Gasteiger partial charge in [0.2, 0.25) is 0 Å². The first-order valence-electron chi connectivity index (χ1n) is 8.69. The summed E-state index contributed by atoms with van der Waals surface area (Å²) in [5.41, 5.74) is 1.14. The Morgan fingerprint density at radius 2 is 2.23 bits per heavy atom. The number of aromatic nitrogens is 1. The van der Waals surface area contributed by atoms with Crippen LogP contribution in [0.1, 0.15) is 23.2 Å².